The van der Waals surface area contributed by atoms with Crippen LogP contribution in [0.5, 0.6) is 0 Å². The molecule has 37 heavy (non-hydrogen) atoms. The topological polar surface area (TPSA) is 43.3 Å². The van der Waals surface area contributed by atoms with Crippen LogP contribution in [-0.4, -0.2) is 22.5 Å². The SMILES string of the molecule is C[C@H](CCC1(O)CCC(C)(C)CC1)[C@H]1CC[C@H]2[C@@H]3CC[C@H]4C[C@]([O-])(C(F)(F)F)CC[C@]4(C)[C@H]3CC[C@]12C. The van der Waals surface area contributed by atoms with E-state index in [9.17, 15) is 23.4 Å². The molecule has 0 spiro atoms. The van der Waals surface area contributed by atoms with Crippen molar-refractivity contribution >= 4 is 0 Å². The fourth-order valence-corrected chi connectivity index (χ4v) is 10.8. The van der Waals surface area contributed by atoms with E-state index in [4.69, 9.17) is 0 Å². The molecule has 5 saturated carbocycles. The number of fused-ring (bicyclic) bond motifs is 5. The van der Waals surface area contributed by atoms with E-state index in [1.165, 1.54) is 19.3 Å². The van der Waals surface area contributed by atoms with Crippen LogP contribution in [0.3, 0.4) is 0 Å². The van der Waals surface area contributed by atoms with Crippen molar-refractivity contribution in [3.05, 3.63) is 0 Å². The molecule has 0 radical (unpaired) electrons. The minimum Gasteiger partial charge on any atom is -0.843 e. The Hall–Kier alpha value is -0.290. The summed E-state index contributed by atoms with van der Waals surface area (Å²) < 4.78 is 40.8. The van der Waals surface area contributed by atoms with Crippen molar-refractivity contribution in [3.63, 3.8) is 0 Å². The molecule has 0 unspecified atom stereocenters. The van der Waals surface area contributed by atoms with Gasteiger partial charge in [0.05, 0.1) is 5.60 Å². The predicted octanol–water partition coefficient (Wildman–Crippen LogP) is 8.05. The van der Waals surface area contributed by atoms with E-state index >= 15 is 0 Å². The summed E-state index contributed by atoms with van der Waals surface area (Å²) in [6.45, 7) is 11.8. The zero-order chi connectivity index (χ0) is 27.1. The fraction of sp³-hybridized carbons (Fsp3) is 1.00. The van der Waals surface area contributed by atoms with Crippen molar-refractivity contribution in [3.8, 4) is 0 Å². The van der Waals surface area contributed by atoms with E-state index in [1.807, 2.05) is 0 Å². The second-order valence-corrected chi connectivity index (χ2v) is 16.0. The highest BCUT2D eigenvalue weighted by Gasteiger charge is 2.62. The van der Waals surface area contributed by atoms with Crippen LogP contribution in [-0.2, 0) is 0 Å². The van der Waals surface area contributed by atoms with Crippen LogP contribution in [0.15, 0.2) is 0 Å². The Morgan fingerprint density at radius 2 is 1.46 bits per heavy atom. The average molecular weight is 526 g/mol. The number of alkyl halides is 3. The molecule has 214 valence electrons. The monoisotopic (exact) mass is 525 g/mol. The van der Waals surface area contributed by atoms with E-state index in [0.29, 0.717) is 46.8 Å². The molecule has 5 fully saturated rings. The first-order chi connectivity index (χ1) is 17.0. The van der Waals surface area contributed by atoms with Crippen LogP contribution >= 0.6 is 0 Å². The predicted molar refractivity (Wildman–Crippen MR) is 140 cm³/mol. The number of hydrogen-bond donors (Lipinski definition) is 1. The highest BCUT2D eigenvalue weighted by atomic mass is 19.4. The maximum absolute atomic E-state index is 13.6. The van der Waals surface area contributed by atoms with Gasteiger partial charge >= 0.3 is 6.18 Å². The molecule has 0 aromatic carbocycles. The average Bonchev–Trinajstić information content (AvgIpc) is 3.17. The minimum absolute atomic E-state index is 0.0803. The lowest BCUT2D eigenvalue weighted by Gasteiger charge is -2.64. The molecule has 5 rings (SSSR count). The first-order valence-corrected chi connectivity index (χ1v) is 15.5. The van der Waals surface area contributed by atoms with E-state index in [1.54, 1.807) is 0 Å². The van der Waals surface area contributed by atoms with E-state index in [0.717, 1.165) is 57.8 Å². The lowest BCUT2D eigenvalue weighted by atomic mass is 9.43. The molecule has 0 aliphatic heterocycles. The van der Waals surface area contributed by atoms with Crippen LogP contribution in [0.2, 0.25) is 0 Å². The van der Waals surface area contributed by atoms with Gasteiger partial charge in [0, 0.05) is 0 Å². The summed E-state index contributed by atoms with van der Waals surface area (Å²) in [5, 5.41) is 24.0. The molecule has 0 heterocycles. The second kappa shape index (κ2) is 9.11. The third-order valence-electron chi connectivity index (χ3n) is 13.6. The Morgan fingerprint density at radius 3 is 2.11 bits per heavy atom. The Kier molecular flexibility index (Phi) is 6.96. The van der Waals surface area contributed by atoms with Gasteiger partial charge in [-0.1, -0.05) is 47.5 Å². The molecule has 2 nitrogen and oxygen atoms in total. The Morgan fingerprint density at radius 1 is 0.811 bits per heavy atom. The molecule has 9 atom stereocenters. The molecule has 5 aliphatic carbocycles. The normalized spacial score (nSPS) is 48.0. The zero-order valence-electron chi connectivity index (χ0n) is 24.1. The van der Waals surface area contributed by atoms with Crippen LogP contribution in [0.4, 0.5) is 13.2 Å². The summed E-state index contributed by atoms with van der Waals surface area (Å²) in [5.74, 6) is 2.94. The van der Waals surface area contributed by atoms with Crippen molar-refractivity contribution in [2.45, 2.75) is 148 Å². The van der Waals surface area contributed by atoms with Crippen molar-refractivity contribution in [1.82, 2.24) is 0 Å². The molecule has 0 saturated heterocycles. The van der Waals surface area contributed by atoms with Gasteiger partial charge in [0.15, 0.2) is 0 Å². The summed E-state index contributed by atoms with van der Waals surface area (Å²) in [4.78, 5) is 0. The Balaban J connectivity index is 1.24. The quantitative estimate of drug-likeness (QED) is 0.403. The molecular formula is C32H52F3O2-. The van der Waals surface area contributed by atoms with Crippen LogP contribution in [0.1, 0.15) is 131 Å². The summed E-state index contributed by atoms with van der Waals surface area (Å²) in [6.07, 6.45) is 8.07. The molecule has 0 amide bonds. The maximum atomic E-state index is 13.6. The van der Waals surface area contributed by atoms with Gasteiger partial charge in [-0.15, -0.1) is 0 Å². The minimum atomic E-state index is -4.63. The molecule has 0 aromatic heterocycles. The van der Waals surface area contributed by atoms with E-state index in [-0.39, 0.29) is 24.2 Å². The summed E-state index contributed by atoms with van der Waals surface area (Å²) in [6, 6.07) is 0. The number of rotatable bonds is 4. The molecular weight excluding hydrogens is 473 g/mol. The van der Waals surface area contributed by atoms with Crippen LogP contribution in [0.25, 0.3) is 0 Å². The van der Waals surface area contributed by atoms with Crippen molar-refractivity contribution < 1.29 is 23.4 Å². The van der Waals surface area contributed by atoms with Crippen molar-refractivity contribution in [2.75, 3.05) is 0 Å². The zero-order valence-corrected chi connectivity index (χ0v) is 24.1. The first-order valence-electron chi connectivity index (χ1n) is 15.5. The molecule has 1 N–H and O–H groups in total. The Bertz CT molecular complexity index is 843. The van der Waals surface area contributed by atoms with Gasteiger partial charge in [-0.25, -0.2) is 0 Å². The number of hydrogen-bond acceptors (Lipinski definition) is 2. The van der Waals surface area contributed by atoms with Crippen LogP contribution in [0, 0.1) is 51.8 Å². The number of halogens is 3. The highest BCUT2D eigenvalue weighted by molar-refractivity contribution is 5.11. The summed E-state index contributed by atoms with van der Waals surface area (Å²) in [7, 11) is 0. The molecule has 0 bridgehead atoms. The maximum Gasteiger partial charge on any atom is 0.379 e. The molecule has 5 heteroatoms. The van der Waals surface area contributed by atoms with Crippen molar-refractivity contribution in [1.29, 1.82) is 0 Å². The third-order valence-corrected chi connectivity index (χ3v) is 13.6. The third kappa shape index (κ3) is 4.72. The number of aliphatic hydroxyl groups is 1. The van der Waals surface area contributed by atoms with Crippen molar-refractivity contribution in [2.24, 2.45) is 51.8 Å². The van der Waals surface area contributed by atoms with Gasteiger partial charge in [0.25, 0.3) is 0 Å². The lowest BCUT2D eigenvalue weighted by Crippen LogP contribution is -2.64. The van der Waals surface area contributed by atoms with Gasteiger partial charge in [-0.3, -0.25) is 0 Å². The fourth-order valence-electron chi connectivity index (χ4n) is 10.8. The largest absolute Gasteiger partial charge is 0.843 e. The van der Waals surface area contributed by atoms with Gasteiger partial charge in [-0.05, 0) is 141 Å². The van der Waals surface area contributed by atoms with Gasteiger partial charge in [0.2, 0.25) is 0 Å². The lowest BCUT2D eigenvalue weighted by molar-refractivity contribution is -0.551. The van der Waals surface area contributed by atoms with E-state index in [2.05, 4.69) is 34.6 Å². The Labute approximate surface area is 223 Å². The second-order valence-electron chi connectivity index (χ2n) is 16.0. The van der Waals surface area contributed by atoms with Gasteiger partial charge in [-0.2, -0.15) is 13.2 Å². The van der Waals surface area contributed by atoms with Gasteiger partial charge in [0.1, 0.15) is 0 Å². The summed E-state index contributed by atoms with van der Waals surface area (Å²) in [5.41, 5.74) is -2.66. The van der Waals surface area contributed by atoms with Crippen LogP contribution < -0.4 is 5.11 Å². The smallest absolute Gasteiger partial charge is 0.379 e. The molecule has 0 aromatic rings. The summed E-state index contributed by atoms with van der Waals surface area (Å²) >= 11 is 0. The first kappa shape index (κ1) is 28.2. The molecule has 5 aliphatic rings. The standard InChI is InChI=1S/C32H52F3O2/c1-21(10-13-30(36)17-14-27(2,3)15-18-30)24-8-9-25-23-7-6-22-20-31(37,32(33,34)35)19-16-28(22,4)26(23)11-12-29(24,25)5/h21-26,36H,6-20H2,1-5H3/q-1/t21-,22+,23+,24-,25+,26+,28+,29-,31+/m1/s1. The van der Waals surface area contributed by atoms with Gasteiger partial charge < -0.3 is 10.2 Å². The van der Waals surface area contributed by atoms with E-state index < -0.39 is 17.4 Å². The highest BCUT2D eigenvalue weighted by Crippen LogP contribution is 2.69.